The van der Waals surface area contributed by atoms with E-state index in [2.05, 4.69) is 4.98 Å². The first-order valence-corrected chi connectivity index (χ1v) is 4.95. The smallest absolute Gasteiger partial charge is 0.182 e. The van der Waals surface area contributed by atoms with Gasteiger partial charge in [0.15, 0.2) is 11.6 Å². The Bertz CT molecular complexity index is 450. The Hall–Kier alpha value is -1.03. The van der Waals surface area contributed by atoms with Gasteiger partial charge in [-0.3, -0.25) is 0 Å². The van der Waals surface area contributed by atoms with Crippen LogP contribution in [0.2, 0.25) is 0 Å². The zero-order chi connectivity index (χ0) is 9.42. The van der Waals surface area contributed by atoms with Gasteiger partial charge in [0, 0.05) is 16.5 Å². The Labute approximate surface area is 78.1 Å². The average molecular weight is 199 g/mol. The zero-order valence-electron chi connectivity index (χ0n) is 6.90. The number of nitrogens with one attached hydrogen (secondary N) is 1. The van der Waals surface area contributed by atoms with Gasteiger partial charge in [0.25, 0.3) is 0 Å². The normalized spacial score (nSPS) is 11.0. The van der Waals surface area contributed by atoms with E-state index in [1.54, 1.807) is 12.3 Å². The average Bonchev–Trinajstić information content (AvgIpc) is 2.60. The molecule has 2 rings (SSSR count). The fraction of sp³-hybridized carbons (Fsp3) is 0.111. The molecule has 0 atom stereocenters. The topological polar surface area (TPSA) is 15.8 Å². The van der Waals surface area contributed by atoms with Gasteiger partial charge in [-0.2, -0.15) is 0 Å². The SMILES string of the molecule is CSc1cc(F)c(F)c2[nH]ccc12. The second-order valence-electron chi connectivity index (χ2n) is 2.64. The number of H-pyrrole nitrogens is 1. The molecule has 0 aliphatic heterocycles. The summed E-state index contributed by atoms with van der Waals surface area (Å²) in [6, 6.07) is 2.96. The van der Waals surface area contributed by atoms with Gasteiger partial charge in [-0.15, -0.1) is 11.8 Å². The number of halogens is 2. The van der Waals surface area contributed by atoms with Gasteiger partial charge < -0.3 is 4.98 Å². The number of thioether (sulfide) groups is 1. The van der Waals surface area contributed by atoms with Crippen LogP contribution in [0.4, 0.5) is 8.78 Å². The highest BCUT2D eigenvalue weighted by Gasteiger charge is 2.11. The highest BCUT2D eigenvalue weighted by molar-refractivity contribution is 7.98. The van der Waals surface area contributed by atoms with Crippen LogP contribution in [0, 0.1) is 11.6 Å². The Kier molecular flexibility index (Phi) is 2.00. The molecule has 4 heteroatoms. The predicted molar refractivity (Wildman–Crippen MR) is 50.0 cm³/mol. The quantitative estimate of drug-likeness (QED) is 0.697. The van der Waals surface area contributed by atoms with Crippen LogP contribution in [0.3, 0.4) is 0 Å². The minimum Gasteiger partial charge on any atom is -0.359 e. The van der Waals surface area contributed by atoms with E-state index in [0.717, 1.165) is 10.3 Å². The van der Waals surface area contributed by atoms with Crippen molar-refractivity contribution >= 4 is 22.7 Å². The van der Waals surface area contributed by atoms with Crippen molar-refractivity contribution in [3.05, 3.63) is 30.0 Å². The number of aromatic amines is 1. The van der Waals surface area contributed by atoms with Crippen molar-refractivity contribution in [1.29, 1.82) is 0 Å². The summed E-state index contributed by atoms with van der Waals surface area (Å²) in [5.41, 5.74) is 0.240. The lowest BCUT2D eigenvalue weighted by Crippen LogP contribution is -1.87. The maximum atomic E-state index is 13.1. The molecule has 1 N–H and O–H groups in total. The fourth-order valence-corrected chi connectivity index (χ4v) is 1.91. The standard InChI is InChI=1S/C9H7F2NS/c1-13-7-4-6(10)8(11)9-5(7)2-3-12-9/h2-4,12H,1H3. The largest absolute Gasteiger partial charge is 0.359 e. The van der Waals surface area contributed by atoms with E-state index in [-0.39, 0.29) is 5.52 Å². The minimum absolute atomic E-state index is 0.240. The van der Waals surface area contributed by atoms with Crippen LogP contribution < -0.4 is 0 Å². The summed E-state index contributed by atoms with van der Waals surface area (Å²) in [6.07, 6.45) is 3.44. The summed E-state index contributed by atoms with van der Waals surface area (Å²) in [5, 5.41) is 0.728. The molecule has 1 nitrogen and oxygen atoms in total. The van der Waals surface area contributed by atoms with Crippen molar-refractivity contribution in [3.63, 3.8) is 0 Å². The van der Waals surface area contributed by atoms with E-state index in [9.17, 15) is 8.78 Å². The van der Waals surface area contributed by atoms with Gasteiger partial charge in [0.05, 0.1) is 5.52 Å². The van der Waals surface area contributed by atoms with Crippen LogP contribution in [-0.2, 0) is 0 Å². The van der Waals surface area contributed by atoms with Crippen LogP contribution in [0.15, 0.2) is 23.2 Å². The van der Waals surface area contributed by atoms with Gasteiger partial charge in [0.2, 0.25) is 0 Å². The zero-order valence-corrected chi connectivity index (χ0v) is 7.71. The Morgan fingerprint density at radius 3 is 2.85 bits per heavy atom. The molecule has 0 fully saturated rings. The lowest BCUT2D eigenvalue weighted by molar-refractivity contribution is 0.513. The van der Waals surface area contributed by atoms with Crippen LogP contribution >= 0.6 is 11.8 Å². The molecule has 0 aliphatic carbocycles. The molecule has 0 unspecified atom stereocenters. The van der Waals surface area contributed by atoms with Gasteiger partial charge in [0.1, 0.15) is 0 Å². The Morgan fingerprint density at radius 1 is 1.38 bits per heavy atom. The molecule has 0 bridgehead atoms. The number of hydrogen-bond acceptors (Lipinski definition) is 1. The molecular weight excluding hydrogens is 192 g/mol. The third-order valence-electron chi connectivity index (χ3n) is 1.92. The maximum absolute atomic E-state index is 13.1. The van der Waals surface area contributed by atoms with Gasteiger partial charge in [-0.05, 0) is 18.4 Å². The van der Waals surface area contributed by atoms with Gasteiger partial charge in [-0.1, -0.05) is 0 Å². The summed E-state index contributed by atoms with van der Waals surface area (Å²) in [4.78, 5) is 3.42. The molecule has 0 aliphatic rings. The monoisotopic (exact) mass is 199 g/mol. The third-order valence-corrected chi connectivity index (χ3v) is 2.70. The number of hydrogen-bond donors (Lipinski definition) is 1. The number of rotatable bonds is 1. The summed E-state index contributed by atoms with van der Waals surface area (Å²) in [7, 11) is 0. The molecule has 2 aromatic rings. The maximum Gasteiger partial charge on any atom is 0.182 e. The molecular formula is C9H7F2NS. The van der Waals surface area contributed by atoms with Crippen LogP contribution in [0.25, 0.3) is 10.9 Å². The number of benzene rings is 1. The van der Waals surface area contributed by atoms with Gasteiger partial charge in [-0.25, -0.2) is 8.78 Å². The Morgan fingerprint density at radius 2 is 2.15 bits per heavy atom. The first kappa shape index (κ1) is 8.56. The minimum atomic E-state index is -0.808. The lowest BCUT2D eigenvalue weighted by atomic mass is 10.2. The summed E-state index contributed by atoms with van der Waals surface area (Å²) < 4.78 is 26.1. The van der Waals surface area contributed by atoms with E-state index in [1.807, 2.05) is 6.26 Å². The van der Waals surface area contributed by atoms with Crippen molar-refractivity contribution in [2.75, 3.05) is 6.26 Å². The number of fused-ring (bicyclic) bond motifs is 1. The Balaban J connectivity index is 2.87. The molecule has 1 heterocycles. The third kappa shape index (κ3) is 1.21. The highest BCUT2D eigenvalue weighted by Crippen LogP contribution is 2.29. The molecule has 0 spiro atoms. The molecule has 0 radical (unpaired) electrons. The van der Waals surface area contributed by atoms with Crippen LogP contribution in [0.1, 0.15) is 0 Å². The fourth-order valence-electron chi connectivity index (χ4n) is 1.30. The summed E-state index contributed by atoms with van der Waals surface area (Å²) in [5.74, 6) is -1.61. The van der Waals surface area contributed by atoms with Crippen molar-refractivity contribution in [2.24, 2.45) is 0 Å². The summed E-state index contributed by atoms with van der Waals surface area (Å²) in [6.45, 7) is 0. The molecule has 13 heavy (non-hydrogen) atoms. The first-order valence-electron chi connectivity index (χ1n) is 3.73. The van der Waals surface area contributed by atoms with E-state index < -0.39 is 11.6 Å². The number of aromatic nitrogens is 1. The van der Waals surface area contributed by atoms with E-state index in [1.165, 1.54) is 17.8 Å². The summed E-state index contributed by atoms with van der Waals surface area (Å²) >= 11 is 1.40. The second kappa shape index (κ2) is 3.03. The van der Waals surface area contributed by atoms with Crippen LogP contribution in [0.5, 0.6) is 0 Å². The molecule has 0 saturated carbocycles. The van der Waals surface area contributed by atoms with Crippen molar-refractivity contribution in [2.45, 2.75) is 4.90 Å². The first-order chi connectivity index (χ1) is 6.24. The van der Waals surface area contributed by atoms with Crippen molar-refractivity contribution < 1.29 is 8.78 Å². The van der Waals surface area contributed by atoms with Gasteiger partial charge >= 0.3 is 0 Å². The van der Waals surface area contributed by atoms with Crippen molar-refractivity contribution in [1.82, 2.24) is 4.98 Å². The molecule has 0 saturated heterocycles. The predicted octanol–water partition coefficient (Wildman–Crippen LogP) is 3.17. The van der Waals surface area contributed by atoms with Crippen LogP contribution in [-0.4, -0.2) is 11.2 Å². The van der Waals surface area contributed by atoms with Crippen molar-refractivity contribution in [3.8, 4) is 0 Å². The highest BCUT2D eigenvalue weighted by atomic mass is 32.2. The second-order valence-corrected chi connectivity index (χ2v) is 3.49. The van der Waals surface area contributed by atoms with E-state index in [0.29, 0.717) is 0 Å². The molecule has 1 aromatic carbocycles. The lowest BCUT2D eigenvalue weighted by Gasteiger charge is -2.00. The molecule has 1 aromatic heterocycles. The van der Waals surface area contributed by atoms with E-state index in [4.69, 9.17) is 0 Å². The molecule has 0 amide bonds. The molecule has 68 valence electrons. The van der Waals surface area contributed by atoms with E-state index >= 15 is 0 Å².